The second kappa shape index (κ2) is 9.34. The third kappa shape index (κ3) is 5.18. The molecule has 0 radical (unpaired) electrons. The van der Waals surface area contributed by atoms with Gasteiger partial charge >= 0.3 is 6.09 Å². The first-order chi connectivity index (χ1) is 12.8. The highest BCUT2D eigenvalue weighted by atomic mass is 19.2. The van der Waals surface area contributed by atoms with Crippen LogP contribution < -0.4 is 10.1 Å². The first kappa shape index (κ1) is 20.7. The second-order valence-corrected chi connectivity index (χ2v) is 5.91. The molecule has 146 valence electrons. The van der Waals surface area contributed by atoms with Crippen molar-refractivity contribution >= 4 is 11.8 Å². The minimum Gasteiger partial charge on any atom is -0.410 e. The van der Waals surface area contributed by atoms with Gasteiger partial charge in [0.1, 0.15) is 11.4 Å². The van der Waals surface area contributed by atoms with Gasteiger partial charge in [-0.2, -0.15) is 0 Å². The standard InChI is InChI=1S/C19H18F5NO2/c1-2-3-4-5-6-11-7-9-12(10-8-11)27-19(26)25-18-16(23)14(21)13(20)15(22)17(18)24/h7-10H,2-6H2,1H3,(H,25,26). The minimum atomic E-state index is -2.31. The monoisotopic (exact) mass is 387 g/mol. The molecule has 2 rings (SSSR count). The smallest absolute Gasteiger partial charge is 0.410 e. The summed E-state index contributed by atoms with van der Waals surface area (Å²) in [5, 5.41) is 1.54. The van der Waals surface area contributed by atoms with E-state index in [4.69, 9.17) is 4.74 Å². The Labute approximate surface area is 153 Å². The van der Waals surface area contributed by atoms with Crippen LogP contribution in [-0.2, 0) is 6.42 Å². The molecule has 0 atom stereocenters. The van der Waals surface area contributed by atoms with E-state index in [9.17, 15) is 26.7 Å². The van der Waals surface area contributed by atoms with E-state index in [1.165, 1.54) is 12.1 Å². The van der Waals surface area contributed by atoms with E-state index in [0.717, 1.165) is 37.7 Å². The van der Waals surface area contributed by atoms with Crippen molar-refractivity contribution in [3.63, 3.8) is 0 Å². The lowest BCUT2D eigenvalue weighted by Crippen LogP contribution is -2.20. The number of hydrogen-bond acceptors (Lipinski definition) is 2. The van der Waals surface area contributed by atoms with E-state index in [2.05, 4.69) is 6.92 Å². The molecule has 0 unspecified atom stereocenters. The molecule has 0 saturated carbocycles. The van der Waals surface area contributed by atoms with Gasteiger partial charge in [0.05, 0.1) is 0 Å². The van der Waals surface area contributed by atoms with Crippen LogP contribution in [0, 0.1) is 29.1 Å². The molecule has 0 aliphatic heterocycles. The summed E-state index contributed by atoms with van der Waals surface area (Å²) in [6.45, 7) is 2.11. The number of amides is 1. The van der Waals surface area contributed by atoms with Crippen molar-refractivity contribution < 1.29 is 31.5 Å². The molecule has 3 nitrogen and oxygen atoms in total. The summed E-state index contributed by atoms with van der Waals surface area (Å²) >= 11 is 0. The van der Waals surface area contributed by atoms with Gasteiger partial charge in [0.25, 0.3) is 0 Å². The zero-order chi connectivity index (χ0) is 20.0. The number of aryl methyl sites for hydroxylation is 1. The van der Waals surface area contributed by atoms with E-state index in [-0.39, 0.29) is 5.75 Å². The van der Waals surface area contributed by atoms with Crippen molar-refractivity contribution in [3.8, 4) is 5.75 Å². The Hall–Kier alpha value is -2.64. The van der Waals surface area contributed by atoms with E-state index >= 15 is 0 Å². The van der Waals surface area contributed by atoms with E-state index in [0.29, 0.717) is 0 Å². The predicted octanol–water partition coefficient (Wildman–Crippen LogP) is 6.12. The van der Waals surface area contributed by atoms with Crippen molar-refractivity contribution in [2.45, 2.75) is 39.0 Å². The number of carbonyl (C=O) groups is 1. The molecule has 0 fully saturated rings. The quantitative estimate of drug-likeness (QED) is 0.269. The van der Waals surface area contributed by atoms with Gasteiger partial charge in [0, 0.05) is 0 Å². The molecule has 2 aromatic carbocycles. The Morgan fingerprint density at radius 1 is 0.852 bits per heavy atom. The Bertz CT molecular complexity index is 780. The highest BCUT2D eigenvalue weighted by molar-refractivity contribution is 5.86. The van der Waals surface area contributed by atoms with E-state index < -0.39 is 40.9 Å². The average molecular weight is 387 g/mol. The van der Waals surface area contributed by atoms with Gasteiger partial charge in [-0.25, -0.2) is 26.7 Å². The molecule has 0 aliphatic rings. The van der Waals surface area contributed by atoms with Crippen LogP contribution in [0.2, 0.25) is 0 Å². The van der Waals surface area contributed by atoms with Crippen LogP contribution in [0.25, 0.3) is 0 Å². The number of ether oxygens (including phenoxy) is 1. The molecular weight excluding hydrogens is 369 g/mol. The Kier molecular flexibility index (Phi) is 7.15. The highest BCUT2D eigenvalue weighted by Crippen LogP contribution is 2.27. The molecule has 0 spiro atoms. The van der Waals surface area contributed by atoms with Crippen molar-refractivity contribution in [1.29, 1.82) is 0 Å². The van der Waals surface area contributed by atoms with Gasteiger partial charge < -0.3 is 4.74 Å². The molecule has 1 amide bonds. The summed E-state index contributed by atoms with van der Waals surface area (Å²) in [7, 11) is 0. The lowest BCUT2D eigenvalue weighted by Gasteiger charge is -2.10. The SMILES string of the molecule is CCCCCCc1ccc(OC(=O)Nc2c(F)c(F)c(F)c(F)c2F)cc1. The van der Waals surface area contributed by atoms with Gasteiger partial charge in [-0.05, 0) is 30.5 Å². The predicted molar refractivity (Wildman–Crippen MR) is 90.2 cm³/mol. The highest BCUT2D eigenvalue weighted by Gasteiger charge is 2.27. The van der Waals surface area contributed by atoms with Crippen LogP contribution in [0.1, 0.15) is 38.2 Å². The van der Waals surface area contributed by atoms with E-state index in [1.807, 2.05) is 0 Å². The number of hydrogen-bond donors (Lipinski definition) is 1. The maximum atomic E-state index is 13.5. The Balaban J connectivity index is 2.00. The summed E-state index contributed by atoms with van der Waals surface area (Å²) in [5.41, 5.74) is -0.442. The number of halogens is 5. The Morgan fingerprint density at radius 3 is 1.96 bits per heavy atom. The number of unbranched alkanes of at least 4 members (excludes halogenated alkanes) is 3. The van der Waals surface area contributed by atoms with Gasteiger partial charge in [-0.1, -0.05) is 38.3 Å². The van der Waals surface area contributed by atoms with Crippen molar-refractivity contribution in [2.24, 2.45) is 0 Å². The second-order valence-electron chi connectivity index (χ2n) is 5.91. The zero-order valence-corrected chi connectivity index (χ0v) is 14.6. The molecule has 8 heteroatoms. The summed E-state index contributed by atoms with van der Waals surface area (Å²) in [5.74, 6) is -10.9. The fraction of sp³-hybridized carbons (Fsp3) is 0.316. The van der Waals surface area contributed by atoms with Crippen molar-refractivity contribution in [1.82, 2.24) is 0 Å². The minimum absolute atomic E-state index is 0.0636. The normalized spacial score (nSPS) is 10.7. The fourth-order valence-corrected chi connectivity index (χ4v) is 2.43. The van der Waals surface area contributed by atoms with Gasteiger partial charge in [0.15, 0.2) is 23.3 Å². The summed E-state index contributed by atoms with van der Waals surface area (Å²) in [6, 6.07) is 6.42. The third-order valence-electron chi connectivity index (χ3n) is 3.89. The lowest BCUT2D eigenvalue weighted by molar-refractivity contribution is 0.214. The maximum absolute atomic E-state index is 13.5. The summed E-state index contributed by atoms with van der Waals surface area (Å²) < 4.78 is 71.1. The molecule has 0 aliphatic carbocycles. The van der Waals surface area contributed by atoms with Gasteiger partial charge in [-0.3, -0.25) is 5.32 Å². The number of benzene rings is 2. The maximum Gasteiger partial charge on any atom is 0.417 e. The van der Waals surface area contributed by atoms with Gasteiger partial charge in [0.2, 0.25) is 5.82 Å². The van der Waals surface area contributed by atoms with Crippen molar-refractivity contribution in [2.75, 3.05) is 5.32 Å². The van der Waals surface area contributed by atoms with Gasteiger partial charge in [-0.15, -0.1) is 0 Å². The number of carbonyl (C=O) groups excluding carboxylic acids is 1. The van der Waals surface area contributed by atoms with Crippen LogP contribution in [0.3, 0.4) is 0 Å². The molecule has 0 aromatic heterocycles. The first-order valence-electron chi connectivity index (χ1n) is 8.44. The largest absolute Gasteiger partial charge is 0.417 e. The topological polar surface area (TPSA) is 38.3 Å². The van der Waals surface area contributed by atoms with Crippen molar-refractivity contribution in [3.05, 3.63) is 58.9 Å². The summed E-state index contributed by atoms with van der Waals surface area (Å²) in [4.78, 5) is 11.7. The molecule has 0 bridgehead atoms. The van der Waals surface area contributed by atoms with Crippen LogP contribution in [-0.4, -0.2) is 6.09 Å². The summed E-state index contributed by atoms with van der Waals surface area (Å²) in [6.07, 6.45) is 3.89. The fourth-order valence-electron chi connectivity index (χ4n) is 2.43. The molecule has 0 saturated heterocycles. The lowest BCUT2D eigenvalue weighted by atomic mass is 10.1. The number of anilines is 1. The molecule has 27 heavy (non-hydrogen) atoms. The van der Waals surface area contributed by atoms with E-state index in [1.54, 1.807) is 17.4 Å². The average Bonchev–Trinajstić information content (AvgIpc) is 2.67. The first-order valence-corrected chi connectivity index (χ1v) is 8.44. The van der Waals surface area contributed by atoms with Crippen LogP contribution in [0.15, 0.2) is 24.3 Å². The third-order valence-corrected chi connectivity index (χ3v) is 3.89. The number of rotatable bonds is 7. The van der Waals surface area contributed by atoms with Crippen LogP contribution in [0.4, 0.5) is 32.4 Å². The van der Waals surface area contributed by atoms with Crippen LogP contribution >= 0.6 is 0 Å². The number of nitrogens with one attached hydrogen (secondary N) is 1. The molecule has 2 aromatic rings. The zero-order valence-electron chi connectivity index (χ0n) is 14.6. The Morgan fingerprint density at radius 2 is 1.41 bits per heavy atom. The molecular formula is C19H18F5NO2. The molecule has 1 N–H and O–H groups in total. The van der Waals surface area contributed by atoms with Crippen LogP contribution in [0.5, 0.6) is 5.75 Å². The molecule has 0 heterocycles.